The summed E-state index contributed by atoms with van der Waals surface area (Å²) < 4.78 is 0. The standard InChI is InChI=1S/C27H34N2/c1-4-6-22-7-5-8-24(21-22)23-9-11-25(12-10-23)27(2)15-19-29(20-16-27)26-13-17-28(3)18-14-26/h5,7-12,21,26H,13-20H2,1-3H3. The molecule has 2 aromatic rings. The van der Waals surface area contributed by atoms with Gasteiger partial charge in [0.2, 0.25) is 0 Å². The summed E-state index contributed by atoms with van der Waals surface area (Å²) in [5.41, 5.74) is 5.41. The minimum Gasteiger partial charge on any atom is -0.306 e. The second-order valence-corrected chi connectivity index (χ2v) is 9.16. The third-order valence-corrected chi connectivity index (χ3v) is 7.15. The van der Waals surface area contributed by atoms with E-state index in [0.717, 1.165) is 11.6 Å². The van der Waals surface area contributed by atoms with E-state index in [9.17, 15) is 0 Å². The predicted molar refractivity (Wildman–Crippen MR) is 123 cm³/mol. The zero-order chi connectivity index (χ0) is 20.3. The van der Waals surface area contributed by atoms with E-state index in [0.29, 0.717) is 5.41 Å². The summed E-state index contributed by atoms with van der Waals surface area (Å²) in [6.07, 6.45) is 5.20. The monoisotopic (exact) mass is 386 g/mol. The molecule has 2 fully saturated rings. The molecule has 152 valence electrons. The lowest BCUT2D eigenvalue weighted by atomic mass is 9.74. The summed E-state index contributed by atoms with van der Waals surface area (Å²) in [5.74, 6) is 6.16. The highest BCUT2D eigenvalue weighted by atomic mass is 15.2. The molecule has 2 aliphatic heterocycles. The molecule has 0 radical (unpaired) electrons. The van der Waals surface area contributed by atoms with Gasteiger partial charge in [-0.2, -0.15) is 0 Å². The Morgan fingerprint density at radius 1 is 0.897 bits per heavy atom. The Kier molecular flexibility index (Phi) is 6.09. The molecule has 29 heavy (non-hydrogen) atoms. The van der Waals surface area contributed by atoms with Gasteiger partial charge in [-0.3, -0.25) is 0 Å². The van der Waals surface area contributed by atoms with Crippen LogP contribution in [0, 0.1) is 11.8 Å². The van der Waals surface area contributed by atoms with E-state index in [-0.39, 0.29) is 0 Å². The lowest BCUT2D eigenvalue weighted by Gasteiger charge is -2.45. The SMILES string of the molecule is CC#Cc1cccc(-c2ccc(C3(C)CCN(C4CCN(C)CC4)CC3)cc2)c1. The Morgan fingerprint density at radius 3 is 2.24 bits per heavy atom. The molecule has 0 atom stereocenters. The van der Waals surface area contributed by atoms with E-state index in [4.69, 9.17) is 0 Å². The molecule has 4 rings (SSSR count). The third-order valence-electron chi connectivity index (χ3n) is 7.15. The van der Waals surface area contributed by atoms with Gasteiger partial charge < -0.3 is 9.80 Å². The van der Waals surface area contributed by atoms with Crippen molar-refractivity contribution in [1.82, 2.24) is 9.80 Å². The highest BCUT2D eigenvalue weighted by Crippen LogP contribution is 2.37. The normalized spacial score (nSPS) is 20.8. The van der Waals surface area contributed by atoms with E-state index in [1.807, 2.05) is 6.92 Å². The third kappa shape index (κ3) is 4.58. The first-order valence-corrected chi connectivity index (χ1v) is 11.1. The van der Waals surface area contributed by atoms with Gasteiger partial charge in [0.25, 0.3) is 0 Å². The molecule has 2 saturated heterocycles. The Morgan fingerprint density at radius 2 is 1.59 bits per heavy atom. The van der Waals surface area contributed by atoms with Crippen LogP contribution in [0.3, 0.4) is 0 Å². The van der Waals surface area contributed by atoms with Gasteiger partial charge in [-0.15, -0.1) is 5.92 Å². The van der Waals surface area contributed by atoms with Crippen molar-refractivity contribution in [3.63, 3.8) is 0 Å². The fraction of sp³-hybridized carbons (Fsp3) is 0.481. The van der Waals surface area contributed by atoms with Crippen molar-refractivity contribution in [2.45, 2.75) is 51.0 Å². The molecule has 2 aliphatic rings. The van der Waals surface area contributed by atoms with Crippen molar-refractivity contribution in [1.29, 1.82) is 0 Å². The molecule has 2 aromatic carbocycles. The molecule has 0 unspecified atom stereocenters. The second kappa shape index (κ2) is 8.74. The minimum atomic E-state index is 0.302. The molecule has 0 bridgehead atoms. The summed E-state index contributed by atoms with van der Waals surface area (Å²) in [5, 5.41) is 0. The molecule has 2 heterocycles. The van der Waals surface area contributed by atoms with Gasteiger partial charge >= 0.3 is 0 Å². The maximum Gasteiger partial charge on any atom is 0.0251 e. The molecule has 0 aliphatic carbocycles. The van der Waals surface area contributed by atoms with E-state index >= 15 is 0 Å². The largest absolute Gasteiger partial charge is 0.306 e. The zero-order valence-electron chi connectivity index (χ0n) is 18.2. The maximum absolute atomic E-state index is 3.16. The Balaban J connectivity index is 1.42. The Hall–Kier alpha value is -2.08. The van der Waals surface area contributed by atoms with Gasteiger partial charge in [-0.25, -0.2) is 0 Å². The smallest absolute Gasteiger partial charge is 0.0251 e. The lowest BCUT2D eigenvalue weighted by molar-refractivity contribution is 0.0790. The van der Waals surface area contributed by atoms with Crippen LogP contribution in [0.1, 0.15) is 50.7 Å². The topological polar surface area (TPSA) is 6.48 Å². The summed E-state index contributed by atoms with van der Waals surface area (Å²) in [7, 11) is 2.25. The van der Waals surface area contributed by atoms with Crippen LogP contribution < -0.4 is 0 Å². The minimum absolute atomic E-state index is 0.302. The lowest BCUT2D eigenvalue weighted by Crippen LogP contribution is -2.49. The van der Waals surface area contributed by atoms with Gasteiger partial charge in [-0.1, -0.05) is 49.2 Å². The van der Waals surface area contributed by atoms with Crippen LogP contribution in [-0.2, 0) is 5.41 Å². The fourth-order valence-corrected chi connectivity index (χ4v) is 5.02. The molecule has 0 spiro atoms. The van der Waals surface area contributed by atoms with Crippen molar-refractivity contribution in [2.75, 3.05) is 33.2 Å². The second-order valence-electron chi connectivity index (χ2n) is 9.16. The number of nitrogens with zero attached hydrogens (tertiary/aromatic N) is 2. The van der Waals surface area contributed by atoms with Crippen LogP contribution >= 0.6 is 0 Å². The van der Waals surface area contributed by atoms with Crippen LogP contribution in [0.15, 0.2) is 48.5 Å². The average Bonchev–Trinajstić information content (AvgIpc) is 2.76. The number of piperidine rings is 2. The van der Waals surface area contributed by atoms with E-state index < -0.39 is 0 Å². The summed E-state index contributed by atoms with van der Waals surface area (Å²) in [6, 6.07) is 18.7. The van der Waals surface area contributed by atoms with Crippen LogP contribution in [-0.4, -0.2) is 49.1 Å². The van der Waals surface area contributed by atoms with Crippen molar-refractivity contribution in [3.05, 3.63) is 59.7 Å². The number of hydrogen-bond acceptors (Lipinski definition) is 2. The van der Waals surface area contributed by atoms with Gasteiger partial charge in [0, 0.05) is 11.6 Å². The molecule has 2 nitrogen and oxygen atoms in total. The molecular formula is C27H34N2. The van der Waals surface area contributed by atoms with Crippen LogP contribution in [0.4, 0.5) is 0 Å². The fourth-order valence-electron chi connectivity index (χ4n) is 5.02. The van der Waals surface area contributed by atoms with Crippen molar-refractivity contribution in [2.24, 2.45) is 0 Å². The highest BCUT2D eigenvalue weighted by Gasteiger charge is 2.34. The number of rotatable bonds is 3. The zero-order valence-corrected chi connectivity index (χ0v) is 18.2. The maximum atomic E-state index is 3.16. The van der Waals surface area contributed by atoms with Gasteiger partial charge in [0.1, 0.15) is 0 Å². The average molecular weight is 387 g/mol. The van der Waals surface area contributed by atoms with Crippen molar-refractivity contribution >= 4 is 0 Å². The highest BCUT2D eigenvalue weighted by molar-refractivity contribution is 5.66. The molecule has 0 saturated carbocycles. The van der Waals surface area contributed by atoms with Crippen LogP contribution in [0.5, 0.6) is 0 Å². The first kappa shape index (κ1) is 20.2. The molecule has 2 heteroatoms. The molecule has 0 amide bonds. The molecule has 0 N–H and O–H groups in total. The number of likely N-dealkylation sites (tertiary alicyclic amines) is 2. The molecular weight excluding hydrogens is 352 g/mol. The first-order valence-electron chi connectivity index (χ1n) is 11.1. The van der Waals surface area contributed by atoms with Crippen molar-refractivity contribution < 1.29 is 0 Å². The predicted octanol–water partition coefficient (Wildman–Crippen LogP) is 5.17. The van der Waals surface area contributed by atoms with Crippen molar-refractivity contribution in [3.8, 4) is 23.0 Å². The van der Waals surface area contributed by atoms with Crippen LogP contribution in [0.2, 0.25) is 0 Å². The quantitative estimate of drug-likeness (QED) is 0.671. The van der Waals surface area contributed by atoms with E-state index in [2.05, 4.69) is 84.1 Å². The van der Waals surface area contributed by atoms with Crippen LogP contribution in [0.25, 0.3) is 11.1 Å². The van der Waals surface area contributed by atoms with Gasteiger partial charge in [0.05, 0.1) is 0 Å². The van der Waals surface area contributed by atoms with E-state index in [1.165, 1.54) is 68.6 Å². The molecule has 0 aromatic heterocycles. The number of benzene rings is 2. The van der Waals surface area contributed by atoms with Gasteiger partial charge in [-0.05, 0) is 100 Å². The first-order chi connectivity index (χ1) is 14.1. The Labute approximate surface area is 176 Å². The summed E-state index contributed by atoms with van der Waals surface area (Å²) >= 11 is 0. The number of hydrogen-bond donors (Lipinski definition) is 0. The van der Waals surface area contributed by atoms with Gasteiger partial charge in [0.15, 0.2) is 0 Å². The summed E-state index contributed by atoms with van der Waals surface area (Å²) in [6.45, 7) is 9.34. The summed E-state index contributed by atoms with van der Waals surface area (Å²) in [4.78, 5) is 5.24. The van der Waals surface area contributed by atoms with E-state index in [1.54, 1.807) is 0 Å². The Bertz CT molecular complexity index is 871.